The minimum atomic E-state index is 0.394. The Kier molecular flexibility index (Phi) is 9.35. The van der Waals surface area contributed by atoms with E-state index in [1.165, 1.54) is 55.7 Å². The van der Waals surface area contributed by atoms with Gasteiger partial charge in [0.05, 0.1) is 24.9 Å². The number of aryl methyl sites for hydroxylation is 1. The zero-order valence-electron chi connectivity index (χ0n) is 23.8. The van der Waals surface area contributed by atoms with Crippen LogP contribution >= 0.6 is 0 Å². The zero-order valence-corrected chi connectivity index (χ0v) is 23.8. The average Bonchev–Trinajstić information content (AvgIpc) is 3.49. The van der Waals surface area contributed by atoms with Crippen LogP contribution in [0, 0.1) is 0 Å². The fraction of sp³-hybridized carbons (Fsp3) is 0.581. The molecule has 0 unspecified atom stereocenters. The van der Waals surface area contributed by atoms with Crippen molar-refractivity contribution in [1.29, 1.82) is 0 Å². The van der Waals surface area contributed by atoms with Gasteiger partial charge in [-0.25, -0.2) is 4.98 Å². The van der Waals surface area contributed by atoms with Gasteiger partial charge in [-0.15, -0.1) is 0 Å². The van der Waals surface area contributed by atoms with Crippen LogP contribution < -0.4 is 14.8 Å². The molecule has 5 rings (SSSR count). The molecule has 2 aromatic heterocycles. The Morgan fingerprint density at radius 2 is 1.92 bits per heavy atom. The Balaban J connectivity index is 1.33. The second-order valence-corrected chi connectivity index (χ2v) is 11.0. The number of nitrogens with one attached hydrogen (secondary N) is 1. The van der Waals surface area contributed by atoms with Gasteiger partial charge in [0, 0.05) is 49.3 Å². The van der Waals surface area contributed by atoms with Gasteiger partial charge in [-0.1, -0.05) is 0 Å². The number of pyridine rings is 2. The van der Waals surface area contributed by atoms with Crippen LogP contribution in [0.15, 0.2) is 35.1 Å². The molecular weight excluding hydrogens is 488 g/mol. The summed E-state index contributed by atoms with van der Waals surface area (Å²) in [5, 5.41) is 3.93. The Morgan fingerprint density at radius 1 is 1.13 bits per heavy atom. The van der Waals surface area contributed by atoms with Crippen LogP contribution in [0.2, 0.25) is 0 Å². The summed E-state index contributed by atoms with van der Waals surface area (Å²) in [6, 6.07) is 2.44. The number of aromatic nitrogens is 2. The van der Waals surface area contributed by atoms with E-state index in [9.17, 15) is 0 Å². The van der Waals surface area contributed by atoms with Crippen LogP contribution in [-0.2, 0) is 12.8 Å². The lowest BCUT2D eigenvalue weighted by Crippen LogP contribution is -2.38. The number of likely N-dealkylation sites (tertiary alicyclic amines) is 2. The molecule has 2 aliphatic heterocycles. The second-order valence-electron chi connectivity index (χ2n) is 11.0. The molecule has 0 saturated carbocycles. The van der Waals surface area contributed by atoms with E-state index in [2.05, 4.69) is 39.8 Å². The minimum absolute atomic E-state index is 0.394. The highest BCUT2D eigenvalue weighted by Crippen LogP contribution is 2.38. The van der Waals surface area contributed by atoms with E-state index in [4.69, 9.17) is 19.4 Å². The van der Waals surface area contributed by atoms with Gasteiger partial charge in [0.15, 0.2) is 5.75 Å². The molecule has 1 aliphatic carbocycles. The maximum atomic E-state index is 6.20. The largest absolute Gasteiger partial charge is 0.488 e. The van der Waals surface area contributed by atoms with Crippen molar-refractivity contribution in [3.8, 4) is 11.6 Å². The molecule has 210 valence electrons. The number of hydrogen-bond acceptors (Lipinski definition) is 8. The van der Waals surface area contributed by atoms with E-state index in [0.29, 0.717) is 24.3 Å². The fourth-order valence-electron chi connectivity index (χ4n) is 6.12. The van der Waals surface area contributed by atoms with Gasteiger partial charge in [0.25, 0.3) is 5.88 Å². The average molecular weight is 533 g/mol. The Morgan fingerprint density at radius 3 is 2.69 bits per heavy atom. The number of allylic oxidation sites excluding steroid dienone is 3. The Labute approximate surface area is 233 Å². The van der Waals surface area contributed by atoms with Gasteiger partial charge in [0.1, 0.15) is 5.52 Å². The first-order chi connectivity index (χ1) is 19.2. The molecule has 4 heterocycles. The lowest BCUT2D eigenvalue weighted by molar-refractivity contribution is 0.252. The van der Waals surface area contributed by atoms with E-state index in [1.54, 1.807) is 13.3 Å². The molecule has 8 nitrogen and oxygen atoms in total. The van der Waals surface area contributed by atoms with Crippen molar-refractivity contribution in [3.63, 3.8) is 0 Å². The van der Waals surface area contributed by atoms with Gasteiger partial charge in [-0.05, 0) is 102 Å². The van der Waals surface area contributed by atoms with E-state index in [1.807, 2.05) is 12.1 Å². The van der Waals surface area contributed by atoms with E-state index < -0.39 is 0 Å². The molecule has 0 aromatic carbocycles. The monoisotopic (exact) mass is 532 g/mol. The summed E-state index contributed by atoms with van der Waals surface area (Å²) in [4.78, 5) is 18.8. The molecule has 0 radical (unpaired) electrons. The predicted molar refractivity (Wildman–Crippen MR) is 159 cm³/mol. The number of rotatable bonds is 11. The molecule has 3 aliphatic rings. The third kappa shape index (κ3) is 6.72. The normalized spacial score (nSPS) is 19.0. The van der Waals surface area contributed by atoms with Crippen molar-refractivity contribution in [2.45, 2.75) is 70.8 Å². The molecule has 2 fully saturated rings. The SMILES string of the molecule is C=N/C=C\C=C(/C)N1CCC(Nc2c3c(nc4cc(OCCCN5CCCC5)c(OC)nc24)CCCC3)CC1. The quantitative estimate of drug-likeness (QED) is 0.237. The molecular formula is C31H44N6O2. The van der Waals surface area contributed by atoms with Crippen molar-refractivity contribution in [1.82, 2.24) is 19.8 Å². The van der Waals surface area contributed by atoms with Crippen LogP contribution in [0.3, 0.4) is 0 Å². The second kappa shape index (κ2) is 13.3. The number of nitrogens with zero attached hydrogens (tertiary/aromatic N) is 5. The standard InChI is InChI=1S/C31H44N6O2/c1-23(10-8-15-32-2)37-19-13-24(14-20-37)33-29-25-11-4-5-12-26(25)34-27-22-28(31(38-3)35-30(27)29)39-21-9-18-36-16-6-7-17-36/h8,10,15,22,24H,2,4-7,9,11-14,16-21H2,1,3H3,(H,33,34)/b15-8-,23-10+. The lowest BCUT2D eigenvalue weighted by atomic mass is 9.93. The third-order valence-electron chi connectivity index (χ3n) is 8.31. The highest BCUT2D eigenvalue weighted by atomic mass is 16.5. The molecule has 8 heteroatoms. The molecule has 2 saturated heterocycles. The van der Waals surface area contributed by atoms with Gasteiger partial charge in [0.2, 0.25) is 0 Å². The number of methoxy groups -OCH3 is 1. The number of anilines is 1. The Bertz CT molecular complexity index is 1200. The first-order valence-corrected chi connectivity index (χ1v) is 14.7. The van der Waals surface area contributed by atoms with Gasteiger partial charge in [-0.3, -0.25) is 9.98 Å². The maximum absolute atomic E-state index is 6.20. The first-order valence-electron chi connectivity index (χ1n) is 14.7. The Hall–Kier alpha value is -3.13. The topological polar surface area (TPSA) is 75.1 Å². The summed E-state index contributed by atoms with van der Waals surface area (Å²) >= 11 is 0. The highest BCUT2D eigenvalue weighted by Gasteiger charge is 2.25. The van der Waals surface area contributed by atoms with Crippen molar-refractivity contribution >= 4 is 23.4 Å². The molecule has 0 bridgehead atoms. The number of ether oxygens (including phenoxy) is 2. The number of hydrogen-bond donors (Lipinski definition) is 1. The molecule has 1 N–H and O–H groups in total. The number of fused-ring (bicyclic) bond motifs is 2. The highest BCUT2D eigenvalue weighted by molar-refractivity contribution is 5.91. The van der Waals surface area contributed by atoms with Crippen LogP contribution in [0.4, 0.5) is 5.69 Å². The molecule has 0 atom stereocenters. The summed E-state index contributed by atoms with van der Waals surface area (Å²) in [5.74, 6) is 1.24. The molecule has 2 aromatic rings. The summed E-state index contributed by atoms with van der Waals surface area (Å²) < 4.78 is 11.9. The van der Waals surface area contributed by atoms with E-state index in [-0.39, 0.29) is 0 Å². The van der Waals surface area contributed by atoms with Gasteiger partial charge in [-0.2, -0.15) is 0 Å². The predicted octanol–water partition coefficient (Wildman–Crippen LogP) is 5.38. The van der Waals surface area contributed by atoms with Crippen molar-refractivity contribution < 1.29 is 9.47 Å². The maximum Gasteiger partial charge on any atom is 0.257 e. The lowest BCUT2D eigenvalue weighted by Gasteiger charge is -2.35. The zero-order chi connectivity index (χ0) is 27.0. The smallest absolute Gasteiger partial charge is 0.257 e. The van der Waals surface area contributed by atoms with Crippen LogP contribution in [0.25, 0.3) is 11.0 Å². The van der Waals surface area contributed by atoms with Crippen molar-refractivity contribution in [2.75, 3.05) is 51.8 Å². The summed E-state index contributed by atoms with van der Waals surface area (Å²) in [6.07, 6.45) is 16.0. The fourth-order valence-corrected chi connectivity index (χ4v) is 6.12. The van der Waals surface area contributed by atoms with Crippen molar-refractivity contribution in [2.24, 2.45) is 4.99 Å². The molecule has 39 heavy (non-hydrogen) atoms. The summed E-state index contributed by atoms with van der Waals surface area (Å²) in [6.45, 7) is 11.9. The van der Waals surface area contributed by atoms with E-state index in [0.717, 1.165) is 68.5 Å². The van der Waals surface area contributed by atoms with Crippen LogP contribution in [-0.4, -0.2) is 79.0 Å². The number of aliphatic imine (C=N–C) groups is 1. The van der Waals surface area contributed by atoms with Gasteiger partial charge >= 0.3 is 0 Å². The van der Waals surface area contributed by atoms with Gasteiger partial charge < -0.3 is 24.6 Å². The van der Waals surface area contributed by atoms with Crippen LogP contribution in [0.1, 0.15) is 63.1 Å². The summed E-state index contributed by atoms with van der Waals surface area (Å²) in [5.41, 5.74) is 6.76. The minimum Gasteiger partial charge on any atom is -0.488 e. The first kappa shape index (κ1) is 27.4. The molecule has 0 amide bonds. The van der Waals surface area contributed by atoms with E-state index >= 15 is 0 Å². The van der Waals surface area contributed by atoms with Crippen LogP contribution in [0.5, 0.6) is 11.6 Å². The molecule has 0 spiro atoms. The third-order valence-corrected chi connectivity index (χ3v) is 8.31. The van der Waals surface area contributed by atoms with Crippen molar-refractivity contribution in [3.05, 3.63) is 41.4 Å². The number of piperidine rings is 1. The summed E-state index contributed by atoms with van der Waals surface area (Å²) in [7, 11) is 1.68.